The minimum absolute atomic E-state index is 0.0381. The number of nitrogens with one attached hydrogen (secondary N) is 1. The van der Waals surface area contributed by atoms with Crippen molar-refractivity contribution in [2.24, 2.45) is 0 Å². The lowest BCUT2D eigenvalue weighted by molar-refractivity contribution is 0.160. The molecule has 31 heavy (non-hydrogen) atoms. The smallest absolute Gasteiger partial charge is 0.245 e. The monoisotopic (exact) mass is 418 g/mol. The number of anilines is 1. The van der Waals surface area contributed by atoms with E-state index in [-0.39, 0.29) is 16.8 Å². The van der Waals surface area contributed by atoms with Crippen LogP contribution in [0.25, 0.3) is 22.4 Å². The van der Waals surface area contributed by atoms with Crippen LogP contribution in [0.3, 0.4) is 0 Å². The first-order valence-electron chi connectivity index (χ1n) is 10.6. The SMILES string of the molecule is CN(c1ncc(-c2ccc(-c3ccncc3)cc2O)nn1)C1CC(C)(C)NC(C)(C)C1. The van der Waals surface area contributed by atoms with Crippen LogP contribution in [-0.4, -0.2) is 49.4 Å². The summed E-state index contributed by atoms with van der Waals surface area (Å²) in [6.07, 6.45) is 7.13. The van der Waals surface area contributed by atoms with Gasteiger partial charge in [0.05, 0.1) is 6.20 Å². The van der Waals surface area contributed by atoms with E-state index in [2.05, 4.69) is 58.1 Å². The third-order valence-electron chi connectivity index (χ3n) is 5.87. The van der Waals surface area contributed by atoms with E-state index in [0.29, 0.717) is 23.2 Å². The predicted molar refractivity (Wildman–Crippen MR) is 123 cm³/mol. The van der Waals surface area contributed by atoms with Gasteiger partial charge in [0.1, 0.15) is 11.4 Å². The number of benzene rings is 1. The lowest BCUT2D eigenvalue weighted by Gasteiger charge is -2.48. The molecule has 1 fully saturated rings. The third-order valence-corrected chi connectivity index (χ3v) is 5.87. The van der Waals surface area contributed by atoms with Gasteiger partial charge in [0.25, 0.3) is 0 Å². The molecule has 0 saturated carbocycles. The lowest BCUT2D eigenvalue weighted by atomic mass is 9.79. The number of aromatic hydroxyl groups is 1. The molecule has 162 valence electrons. The van der Waals surface area contributed by atoms with Crippen LogP contribution in [-0.2, 0) is 0 Å². The Balaban J connectivity index is 1.54. The summed E-state index contributed by atoms with van der Waals surface area (Å²) in [5, 5.41) is 23.0. The van der Waals surface area contributed by atoms with Crippen molar-refractivity contribution in [2.45, 2.75) is 57.7 Å². The summed E-state index contributed by atoms with van der Waals surface area (Å²) in [6.45, 7) is 8.93. The molecule has 1 saturated heterocycles. The van der Waals surface area contributed by atoms with Gasteiger partial charge in [-0.2, -0.15) is 0 Å². The molecule has 0 atom stereocenters. The standard InChI is InChI=1S/C24H30N6O/c1-23(2)13-18(14-24(3,4)29-23)30(5)22-26-15-20(27-28-22)19-7-6-17(12-21(19)31)16-8-10-25-11-9-16/h6-12,15,18,29,31H,13-14H2,1-5H3. The molecule has 3 aromatic rings. The molecule has 7 heteroatoms. The molecule has 7 nitrogen and oxygen atoms in total. The average molecular weight is 419 g/mol. The van der Waals surface area contributed by atoms with Gasteiger partial charge in [0.2, 0.25) is 5.95 Å². The van der Waals surface area contributed by atoms with E-state index in [1.807, 2.05) is 31.3 Å². The molecule has 2 aromatic heterocycles. The second-order valence-electron chi connectivity index (χ2n) is 9.68. The summed E-state index contributed by atoms with van der Waals surface area (Å²) in [7, 11) is 2.03. The van der Waals surface area contributed by atoms with Crippen molar-refractivity contribution in [2.75, 3.05) is 11.9 Å². The highest BCUT2D eigenvalue weighted by molar-refractivity contribution is 5.73. The van der Waals surface area contributed by atoms with Crippen molar-refractivity contribution in [3.63, 3.8) is 0 Å². The van der Waals surface area contributed by atoms with E-state index >= 15 is 0 Å². The summed E-state index contributed by atoms with van der Waals surface area (Å²) < 4.78 is 0. The lowest BCUT2D eigenvalue weighted by Crippen LogP contribution is -2.62. The number of pyridine rings is 1. The van der Waals surface area contributed by atoms with Gasteiger partial charge >= 0.3 is 0 Å². The Hall–Kier alpha value is -3.06. The van der Waals surface area contributed by atoms with Crippen LogP contribution < -0.4 is 10.2 Å². The molecule has 1 aromatic carbocycles. The first-order chi connectivity index (χ1) is 14.6. The summed E-state index contributed by atoms with van der Waals surface area (Å²) >= 11 is 0. The number of phenols is 1. The molecule has 0 bridgehead atoms. The topological polar surface area (TPSA) is 87.1 Å². The minimum atomic E-state index is 0.0381. The molecule has 2 N–H and O–H groups in total. The Morgan fingerprint density at radius 1 is 0.968 bits per heavy atom. The zero-order valence-electron chi connectivity index (χ0n) is 18.8. The number of hydrogen-bond acceptors (Lipinski definition) is 7. The Kier molecular flexibility index (Phi) is 5.39. The Morgan fingerprint density at radius 2 is 1.65 bits per heavy atom. The van der Waals surface area contributed by atoms with E-state index in [0.717, 1.165) is 24.0 Å². The summed E-state index contributed by atoms with van der Waals surface area (Å²) in [5.74, 6) is 0.739. The number of rotatable bonds is 4. The number of hydrogen-bond donors (Lipinski definition) is 2. The van der Waals surface area contributed by atoms with Gasteiger partial charge in [0.15, 0.2) is 0 Å². The highest BCUT2D eigenvalue weighted by Gasteiger charge is 2.39. The molecule has 0 radical (unpaired) electrons. The van der Waals surface area contributed by atoms with E-state index in [4.69, 9.17) is 0 Å². The summed E-state index contributed by atoms with van der Waals surface area (Å²) in [4.78, 5) is 10.7. The molecule has 1 aliphatic heterocycles. The van der Waals surface area contributed by atoms with Gasteiger partial charge in [-0.25, -0.2) is 4.98 Å². The number of nitrogens with zero attached hydrogens (tertiary/aromatic N) is 5. The van der Waals surface area contributed by atoms with Crippen LogP contribution in [0.4, 0.5) is 5.95 Å². The number of aromatic nitrogens is 4. The largest absolute Gasteiger partial charge is 0.507 e. The first-order valence-corrected chi connectivity index (χ1v) is 10.6. The maximum Gasteiger partial charge on any atom is 0.245 e. The summed E-state index contributed by atoms with van der Waals surface area (Å²) in [5.41, 5.74) is 3.13. The van der Waals surface area contributed by atoms with Crippen molar-refractivity contribution < 1.29 is 5.11 Å². The van der Waals surface area contributed by atoms with Crippen LogP contribution in [0.15, 0.2) is 48.9 Å². The van der Waals surface area contributed by atoms with Crippen LogP contribution >= 0.6 is 0 Å². The summed E-state index contributed by atoms with van der Waals surface area (Å²) in [6, 6.07) is 9.65. The molecule has 0 amide bonds. The Morgan fingerprint density at radius 3 is 2.23 bits per heavy atom. The molecule has 3 heterocycles. The predicted octanol–water partition coefficient (Wildman–Crippen LogP) is 4.05. The van der Waals surface area contributed by atoms with E-state index in [9.17, 15) is 5.11 Å². The third kappa shape index (κ3) is 4.66. The Bertz CT molecular complexity index is 1030. The van der Waals surface area contributed by atoms with Gasteiger partial charge in [0, 0.05) is 42.1 Å². The molecule has 0 aliphatic carbocycles. The minimum Gasteiger partial charge on any atom is -0.507 e. The second-order valence-corrected chi connectivity index (χ2v) is 9.68. The van der Waals surface area contributed by atoms with Gasteiger partial charge in [-0.1, -0.05) is 6.07 Å². The molecule has 4 rings (SSSR count). The molecule has 0 unspecified atom stereocenters. The quantitative estimate of drug-likeness (QED) is 0.661. The maximum absolute atomic E-state index is 10.6. The van der Waals surface area contributed by atoms with Crippen molar-refractivity contribution in [3.05, 3.63) is 48.9 Å². The fourth-order valence-electron chi connectivity index (χ4n) is 4.73. The van der Waals surface area contributed by atoms with E-state index in [1.165, 1.54) is 0 Å². The molecular formula is C24H30N6O. The maximum atomic E-state index is 10.6. The highest BCUT2D eigenvalue weighted by atomic mass is 16.3. The van der Waals surface area contributed by atoms with E-state index < -0.39 is 0 Å². The molecule has 0 spiro atoms. The zero-order chi connectivity index (χ0) is 22.2. The first kappa shape index (κ1) is 21.2. The van der Waals surface area contributed by atoms with Crippen molar-refractivity contribution in [1.29, 1.82) is 0 Å². The average Bonchev–Trinajstić information content (AvgIpc) is 2.72. The van der Waals surface area contributed by atoms with Gasteiger partial charge in [-0.15, -0.1) is 10.2 Å². The van der Waals surface area contributed by atoms with Gasteiger partial charge in [-0.05, 0) is 75.9 Å². The van der Waals surface area contributed by atoms with Crippen molar-refractivity contribution in [1.82, 2.24) is 25.5 Å². The number of piperidine rings is 1. The zero-order valence-corrected chi connectivity index (χ0v) is 18.8. The van der Waals surface area contributed by atoms with Crippen LogP contribution in [0.5, 0.6) is 5.75 Å². The normalized spacial score (nSPS) is 18.0. The van der Waals surface area contributed by atoms with E-state index in [1.54, 1.807) is 24.7 Å². The van der Waals surface area contributed by atoms with Gasteiger partial charge in [-0.3, -0.25) is 4.98 Å². The van der Waals surface area contributed by atoms with Crippen molar-refractivity contribution in [3.8, 4) is 28.1 Å². The van der Waals surface area contributed by atoms with Crippen LogP contribution in [0.1, 0.15) is 40.5 Å². The fraction of sp³-hybridized carbons (Fsp3) is 0.417. The number of phenolic OH excluding ortho intramolecular Hbond substituents is 1. The second kappa shape index (κ2) is 7.89. The molecular weight excluding hydrogens is 388 g/mol. The van der Waals surface area contributed by atoms with Crippen molar-refractivity contribution >= 4 is 5.95 Å². The molecule has 1 aliphatic rings. The highest BCUT2D eigenvalue weighted by Crippen LogP contribution is 2.34. The Labute approximate surface area is 183 Å². The van der Waals surface area contributed by atoms with Crippen LogP contribution in [0, 0.1) is 0 Å². The van der Waals surface area contributed by atoms with Gasteiger partial charge < -0.3 is 15.3 Å². The fourth-order valence-corrected chi connectivity index (χ4v) is 4.73. The van der Waals surface area contributed by atoms with Crippen LogP contribution in [0.2, 0.25) is 0 Å².